The van der Waals surface area contributed by atoms with Crippen molar-refractivity contribution >= 4 is 23.2 Å². The Morgan fingerprint density at radius 3 is 2.77 bits per heavy atom. The Hall–Kier alpha value is -3.67. The number of rotatable bonds is 3. The molecule has 2 heterocycles. The molecule has 1 amide bonds. The van der Waals surface area contributed by atoms with Crippen molar-refractivity contribution in [1.82, 2.24) is 9.78 Å². The number of benzene rings is 2. The maximum absolute atomic E-state index is 13.0. The van der Waals surface area contributed by atoms with Gasteiger partial charge in [0.1, 0.15) is 17.4 Å². The first-order valence-corrected chi connectivity index (χ1v) is 10.2. The summed E-state index contributed by atoms with van der Waals surface area (Å²) in [6.45, 7) is 1.98. The summed E-state index contributed by atoms with van der Waals surface area (Å²) in [5.74, 6) is 0.541. The molecule has 0 spiro atoms. The number of aryl methyl sites for hydroxylation is 1. The minimum atomic E-state index is -0.328. The van der Waals surface area contributed by atoms with Gasteiger partial charge in [-0.3, -0.25) is 9.59 Å². The van der Waals surface area contributed by atoms with Crippen LogP contribution in [0.4, 0.5) is 11.5 Å². The highest BCUT2D eigenvalue weighted by Crippen LogP contribution is 2.41. The fourth-order valence-corrected chi connectivity index (χ4v) is 4.29. The second-order valence-corrected chi connectivity index (χ2v) is 7.78. The minimum Gasteiger partial charge on any atom is -0.343 e. The van der Waals surface area contributed by atoms with E-state index in [4.69, 9.17) is 0 Å². The van der Waals surface area contributed by atoms with E-state index in [9.17, 15) is 9.59 Å². The van der Waals surface area contributed by atoms with Gasteiger partial charge in [-0.15, -0.1) is 0 Å². The molecule has 0 radical (unpaired) electrons. The number of anilines is 2. The lowest BCUT2D eigenvalue weighted by atomic mass is 9.85. The van der Waals surface area contributed by atoms with Crippen molar-refractivity contribution in [3.05, 3.63) is 88.8 Å². The van der Waals surface area contributed by atoms with Crippen LogP contribution < -0.4 is 10.6 Å². The van der Waals surface area contributed by atoms with E-state index in [2.05, 4.69) is 15.7 Å². The van der Waals surface area contributed by atoms with Crippen LogP contribution in [0.25, 0.3) is 0 Å². The SMILES string of the molecule is Cc1cccc(NC(=O)c2cnn3c2NC2=C(C(=O)CCC2)C3c2ccccc2)c1. The summed E-state index contributed by atoms with van der Waals surface area (Å²) < 4.78 is 1.77. The molecule has 6 nitrogen and oxygen atoms in total. The largest absolute Gasteiger partial charge is 0.343 e. The number of carbonyl (C=O) groups is 2. The van der Waals surface area contributed by atoms with Crippen LogP contribution in [0.2, 0.25) is 0 Å². The zero-order valence-electron chi connectivity index (χ0n) is 16.7. The van der Waals surface area contributed by atoms with Crippen LogP contribution in [0.3, 0.4) is 0 Å². The topological polar surface area (TPSA) is 76.0 Å². The first-order valence-electron chi connectivity index (χ1n) is 10.2. The van der Waals surface area contributed by atoms with Gasteiger partial charge in [0.2, 0.25) is 0 Å². The Morgan fingerprint density at radius 2 is 1.97 bits per heavy atom. The molecule has 1 aromatic heterocycles. The van der Waals surface area contributed by atoms with Gasteiger partial charge >= 0.3 is 0 Å². The molecule has 1 unspecified atom stereocenters. The molecule has 0 saturated heterocycles. The standard InChI is InChI=1S/C24H22N4O2/c1-15-7-5-10-17(13-15)26-24(30)18-14-25-28-22(16-8-3-2-4-9-16)21-19(27-23(18)28)11-6-12-20(21)29/h2-5,7-10,13-14,22,27H,6,11-12H2,1H3,(H,26,30). The summed E-state index contributed by atoms with van der Waals surface area (Å²) in [7, 11) is 0. The smallest absolute Gasteiger partial charge is 0.261 e. The lowest BCUT2D eigenvalue weighted by molar-refractivity contribution is -0.116. The van der Waals surface area contributed by atoms with Crippen molar-refractivity contribution in [2.75, 3.05) is 10.6 Å². The van der Waals surface area contributed by atoms with Gasteiger partial charge < -0.3 is 10.6 Å². The van der Waals surface area contributed by atoms with Gasteiger partial charge in [0.25, 0.3) is 5.91 Å². The number of hydrogen-bond donors (Lipinski definition) is 2. The van der Waals surface area contributed by atoms with Crippen LogP contribution in [0, 0.1) is 6.92 Å². The highest BCUT2D eigenvalue weighted by molar-refractivity contribution is 6.08. The number of ketones is 1. The molecule has 30 heavy (non-hydrogen) atoms. The van der Waals surface area contributed by atoms with Crippen molar-refractivity contribution in [2.45, 2.75) is 32.2 Å². The molecule has 2 aliphatic rings. The number of carbonyl (C=O) groups excluding carboxylic acids is 2. The summed E-state index contributed by atoms with van der Waals surface area (Å²) in [6, 6.07) is 17.2. The van der Waals surface area contributed by atoms with E-state index in [1.54, 1.807) is 10.9 Å². The summed E-state index contributed by atoms with van der Waals surface area (Å²) in [5.41, 5.74) is 4.91. The number of allylic oxidation sites excluding steroid dienone is 2. The average Bonchev–Trinajstić information content (AvgIpc) is 3.17. The zero-order valence-corrected chi connectivity index (χ0v) is 16.7. The molecule has 2 N–H and O–H groups in total. The normalized spacial score (nSPS) is 17.8. The molecular weight excluding hydrogens is 376 g/mol. The summed E-state index contributed by atoms with van der Waals surface area (Å²) in [6.07, 6.45) is 3.72. The first-order chi connectivity index (χ1) is 14.6. The predicted molar refractivity (Wildman–Crippen MR) is 115 cm³/mol. The Balaban J connectivity index is 1.57. The van der Waals surface area contributed by atoms with Crippen molar-refractivity contribution in [2.24, 2.45) is 0 Å². The highest BCUT2D eigenvalue weighted by Gasteiger charge is 2.37. The number of aromatic nitrogens is 2. The van der Waals surface area contributed by atoms with Crippen LogP contribution >= 0.6 is 0 Å². The number of nitrogens with one attached hydrogen (secondary N) is 2. The Labute approximate surface area is 174 Å². The van der Waals surface area contributed by atoms with E-state index in [0.29, 0.717) is 17.8 Å². The van der Waals surface area contributed by atoms with Gasteiger partial charge in [0.05, 0.1) is 6.20 Å². The molecule has 0 bridgehead atoms. The molecule has 1 atom stereocenters. The molecule has 150 valence electrons. The van der Waals surface area contributed by atoms with E-state index in [-0.39, 0.29) is 17.7 Å². The third-order valence-electron chi connectivity index (χ3n) is 5.67. The molecular formula is C24H22N4O2. The summed E-state index contributed by atoms with van der Waals surface area (Å²) >= 11 is 0. The van der Waals surface area contributed by atoms with E-state index in [1.807, 2.05) is 61.5 Å². The van der Waals surface area contributed by atoms with E-state index < -0.39 is 0 Å². The summed E-state index contributed by atoms with van der Waals surface area (Å²) in [5, 5.41) is 10.8. The lowest BCUT2D eigenvalue weighted by Crippen LogP contribution is -2.32. The van der Waals surface area contributed by atoms with Crippen molar-refractivity contribution in [1.29, 1.82) is 0 Å². The molecule has 1 aliphatic heterocycles. The van der Waals surface area contributed by atoms with Crippen LogP contribution in [-0.4, -0.2) is 21.5 Å². The Bertz CT molecular complexity index is 1180. The second kappa shape index (κ2) is 7.30. The second-order valence-electron chi connectivity index (χ2n) is 7.78. The minimum absolute atomic E-state index is 0.143. The van der Waals surface area contributed by atoms with Gasteiger partial charge in [-0.1, -0.05) is 42.5 Å². The lowest BCUT2D eigenvalue weighted by Gasteiger charge is -2.33. The molecule has 0 saturated carbocycles. The van der Waals surface area contributed by atoms with Crippen molar-refractivity contribution in [3.63, 3.8) is 0 Å². The third kappa shape index (κ3) is 3.10. The zero-order chi connectivity index (χ0) is 20.7. The van der Waals surface area contributed by atoms with E-state index in [0.717, 1.165) is 40.9 Å². The average molecular weight is 398 g/mol. The first kappa shape index (κ1) is 18.4. The highest BCUT2D eigenvalue weighted by atomic mass is 16.1. The number of fused-ring (bicyclic) bond motifs is 1. The van der Waals surface area contributed by atoms with Gasteiger partial charge in [0, 0.05) is 23.4 Å². The van der Waals surface area contributed by atoms with Crippen LogP contribution in [0.1, 0.15) is 46.8 Å². The maximum Gasteiger partial charge on any atom is 0.261 e. The molecule has 2 aromatic carbocycles. The fraction of sp³-hybridized carbons (Fsp3) is 0.208. The molecule has 5 rings (SSSR count). The van der Waals surface area contributed by atoms with Gasteiger partial charge in [-0.25, -0.2) is 4.68 Å². The van der Waals surface area contributed by atoms with E-state index >= 15 is 0 Å². The molecule has 3 aromatic rings. The van der Waals surface area contributed by atoms with Gasteiger partial charge in [-0.05, 0) is 43.0 Å². The Kier molecular flexibility index (Phi) is 4.47. The summed E-state index contributed by atoms with van der Waals surface area (Å²) in [4.78, 5) is 25.9. The van der Waals surface area contributed by atoms with E-state index in [1.165, 1.54) is 0 Å². The molecule has 1 aliphatic carbocycles. The van der Waals surface area contributed by atoms with Crippen LogP contribution in [0.15, 0.2) is 72.1 Å². The predicted octanol–water partition coefficient (Wildman–Crippen LogP) is 4.47. The molecule has 6 heteroatoms. The number of hydrogen-bond acceptors (Lipinski definition) is 4. The van der Waals surface area contributed by atoms with Gasteiger partial charge in [0.15, 0.2) is 5.78 Å². The number of amides is 1. The van der Waals surface area contributed by atoms with Crippen molar-refractivity contribution in [3.8, 4) is 0 Å². The maximum atomic E-state index is 13.0. The number of Topliss-reactive ketones (excluding diaryl/α,β-unsaturated/α-hetero) is 1. The fourth-order valence-electron chi connectivity index (χ4n) is 4.29. The number of nitrogens with zero attached hydrogens (tertiary/aromatic N) is 2. The molecule has 0 fully saturated rings. The van der Waals surface area contributed by atoms with Crippen molar-refractivity contribution < 1.29 is 9.59 Å². The van der Waals surface area contributed by atoms with Gasteiger partial charge in [-0.2, -0.15) is 5.10 Å². The Morgan fingerprint density at radius 1 is 1.13 bits per heavy atom. The third-order valence-corrected chi connectivity index (χ3v) is 5.67. The van der Waals surface area contributed by atoms with Crippen LogP contribution in [0.5, 0.6) is 0 Å². The monoisotopic (exact) mass is 398 g/mol. The van der Waals surface area contributed by atoms with Crippen LogP contribution in [-0.2, 0) is 4.79 Å². The quantitative estimate of drug-likeness (QED) is 0.683.